The highest BCUT2D eigenvalue weighted by atomic mass is 79.9. The number of carbonyl (C=O) groups excluding carboxylic acids is 2. The average Bonchev–Trinajstić information content (AvgIpc) is 2.48. The molecule has 0 aromatic heterocycles. The van der Waals surface area contributed by atoms with Gasteiger partial charge in [-0.1, -0.05) is 6.07 Å². The molecule has 0 spiro atoms. The molecule has 0 bridgehead atoms. The molecule has 0 saturated carbocycles. The molecule has 0 aliphatic carbocycles. The summed E-state index contributed by atoms with van der Waals surface area (Å²) in [5.74, 6) is -0.988. The van der Waals surface area contributed by atoms with Gasteiger partial charge in [0.05, 0.1) is 10.0 Å². The van der Waals surface area contributed by atoms with E-state index in [1.54, 1.807) is 20.2 Å². The fourth-order valence-electron chi connectivity index (χ4n) is 2.29. The van der Waals surface area contributed by atoms with Crippen LogP contribution in [0.3, 0.4) is 0 Å². The number of halogens is 2. The third-order valence-corrected chi connectivity index (χ3v) is 4.22. The summed E-state index contributed by atoms with van der Waals surface area (Å²) in [5.41, 5.74) is 0.230. The number of piperazine rings is 1. The quantitative estimate of drug-likeness (QED) is 0.861. The number of hydrogen-bond acceptors (Lipinski definition) is 3. The second-order valence-electron chi connectivity index (χ2n) is 5.05. The molecule has 2 rings (SSSR count). The number of likely N-dealkylation sites (N-methyl/N-ethyl adjacent to an activating group) is 1. The highest BCUT2D eigenvalue weighted by Crippen LogP contribution is 2.23. The van der Waals surface area contributed by atoms with Crippen LogP contribution in [0.2, 0.25) is 0 Å². The summed E-state index contributed by atoms with van der Waals surface area (Å²) in [6, 6.07) is 3.74. The van der Waals surface area contributed by atoms with E-state index in [1.165, 1.54) is 21.9 Å². The summed E-state index contributed by atoms with van der Waals surface area (Å²) in [6.45, 7) is 1.41. The number of carbonyl (C=O) groups is 2. The number of benzene rings is 1. The SMILES string of the molecule is CN(C)C(=O)C1CNCCN1C(=O)c1cccc(F)c1Br. The average molecular weight is 358 g/mol. The van der Waals surface area contributed by atoms with Crippen molar-refractivity contribution in [2.75, 3.05) is 33.7 Å². The Labute approximate surface area is 131 Å². The summed E-state index contributed by atoms with van der Waals surface area (Å²) in [6.07, 6.45) is 0. The van der Waals surface area contributed by atoms with Crippen LogP contribution in [0.1, 0.15) is 10.4 Å². The zero-order valence-corrected chi connectivity index (χ0v) is 13.5. The first kappa shape index (κ1) is 15.9. The molecule has 21 heavy (non-hydrogen) atoms. The van der Waals surface area contributed by atoms with Crippen LogP contribution in [-0.2, 0) is 4.79 Å². The van der Waals surface area contributed by atoms with E-state index in [4.69, 9.17) is 0 Å². The minimum absolute atomic E-state index is 0.129. The summed E-state index contributed by atoms with van der Waals surface area (Å²) >= 11 is 3.10. The molecule has 0 radical (unpaired) electrons. The predicted octanol–water partition coefficient (Wildman–Crippen LogP) is 1.09. The minimum Gasteiger partial charge on any atom is -0.347 e. The van der Waals surface area contributed by atoms with Gasteiger partial charge in [0, 0.05) is 33.7 Å². The van der Waals surface area contributed by atoms with Crippen LogP contribution < -0.4 is 5.32 Å². The van der Waals surface area contributed by atoms with Crippen molar-refractivity contribution in [3.63, 3.8) is 0 Å². The van der Waals surface area contributed by atoms with Crippen LogP contribution in [0, 0.1) is 5.82 Å². The van der Waals surface area contributed by atoms with Crippen LogP contribution in [-0.4, -0.2) is 61.4 Å². The first-order valence-corrected chi connectivity index (χ1v) is 7.39. The van der Waals surface area contributed by atoms with Crippen molar-refractivity contribution in [1.29, 1.82) is 0 Å². The van der Waals surface area contributed by atoms with Crippen LogP contribution in [0.25, 0.3) is 0 Å². The predicted molar refractivity (Wildman–Crippen MR) is 80.5 cm³/mol. The molecule has 5 nitrogen and oxygen atoms in total. The van der Waals surface area contributed by atoms with E-state index < -0.39 is 11.9 Å². The number of nitrogens with zero attached hydrogens (tertiary/aromatic N) is 2. The van der Waals surface area contributed by atoms with Crippen molar-refractivity contribution in [1.82, 2.24) is 15.1 Å². The largest absolute Gasteiger partial charge is 0.347 e. The summed E-state index contributed by atoms with van der Waals surface area (Å²) in [4.78, 5) is 27.8. The lowest BCUT2D eigenvalue weighted by Gasteiger charge is -2.36. The Balaban J connectivity index is 2.31. The lowest BCUT2D eigenvalue weighted by Crippen LogP contribution is -2.59. The highest BCUT2D eigenvalue weighted by molar-refractivity contribution is 9.10. The van der Waals surface area contributed by atoms with E-state index in [-0.39, 0.29) is 21.9 Å². The number of nitrogens with one attached hydrogen (secondary N) is 1. The fourth-order valence-corrected chi connectivity index (χ4v) is 2.72. The van der Waals surface area contributed by atoms with Gasteiger partial charge in [0.25, 0.3) is 5.91 Å². The van der Waals surface area contributed by atoms with Gasteiger partial charge in [-0.25, -0.2) is 4.39 Å². The Morgan fingerprint density at radius 1 is 1.43 bits per heavy atom. The molecule has 7 heteroatoms. The molecule has 1 aromatic rings. The molecule has 1 atom stereocenters. The monoisotopic (exact) mass is 357 g/mol. The van der Waals surface area contributed by atoms with E-state index in [1.807, 2.05) is 0 Å². The second-order valence-corrected chi connectivity index (χ2v) is 5.85. The Kier molecular flexibility index (Phi) is 4.95. The Hall–Kier alpha value is -1.47. The Bertz CT molecular complexity index is 565. The van der Waals surface area contributed by atoms with Gasteiger partial charge in [0.15, 0.2) is 0 Å². The zero-order chi connectivity index (χ0) is 15.6. The van der Waals surface area contributed by atoms with Crippen molar-refractivity contribution in [3.8, 4) is 0 Å². The van der Waals surface area contributed by atoms with E-state index in [0.717, 1.165) is 0 Å². The molecule has 1 saturated heterocycles. The standard InChI is InChI=1S/C14H17BrFN3O2/c1-18(2)14(21)11-8-17-6-7-19(11)13(20)9-4-3-5-10(16)12(9)15/h3-5,11,17H,6-8H2,1-2H3. The molecule has 1 fully saturated rings. The van der Waals surface area contributed by atoms with Gasteiger partial charge < -0.3 is 15.1 Å². The summed E-state index contributed by atoms with van der Waals surface area (Å²) in [5, 5.41) is 3.11. The minimum atomic E-state index is -0.573. The molecule has 1 unspecified atom stereocenters. The topological polar surface area (TPSA) is 52.7 Å². The van der Waals surface area contributed by atoms with E-state index >= 15 is 0 Å². The van der Waals surface area contributed by atoms with Gasteiger partial charge >= 0.3 is 0 Å². The van der Waals surface area contributed by atoms with Gasteiger partial charge in [-0.15, -0.1) is 0 Å². The first-order chi connectivity index (χ1) is 9.93. The maximum Gasteiger partial charge on any atom is 0.255 e. The number of hydrogen-bond donors (Lipinski definition) is 1. The maximum atomic E-state index is 13.6. The van der Waals surface area contributed by atoms with E-state index in [0.29, 0.717) is 19.6 Å². The summed E-state index contributed by atoms with van der Waals surface area (Å²) in [7, 11) is 3.30. The van der Waals surface area contributed by atoms with Gasteiger partial charge in [-0.05, 0) is 28.1 Å². The Morgan fingerprint density at radius 3 is 2.81 bits per heavy atom. The van der Waals surface area contributed by atoms with Gasteiger partial charge in [0.1, 0.15) is 11.9 Å². The van der Waals surface area contributed by atoms with Gasteiger partial charge in [-0.3, -0.25) is 9.59 Å². The third kappa shape index (κ3) is 3.24. The first-order valence-electron chi connectivity index (χ1n) is 6.60. The van der Waals surface area contributed by atoms with Crippen molar-refractivity contribution in [3.05, 3.63) is 34.1 Å². The smallest absolute Gasteiger partial charge is 0.255 e. The van der Waals surface area contributed by atoms with Crippen molar-refractivity contribution < 1.29 is 14.0 Å². The van der Waals surface area contributed by atoms with Crippen LogP contribution >= 0.6 is 15.9 Å². The van der Waals surface area contributed by atoms with Crippen LogP contribution in [0.5, 0.6) is 0 Å². The third-order valence-electron chi connectivity index (χ3n) is 3.41. The Morgan fingerprint density at radius 2 is 2.14 bits per heavy atom. The van der Waals surface area contributed by atoms with Crippen LogP contribution in [0.4, 0.5) is 4.39 Å². The lowest BCUT2D eigenvalue weighted by atomic mass is 10.1. The molecule has 1 heterocycles. The summed E-state index contributed by atoms with van der Waals surface area (Å²) < 4.78 is 13.7. The van der Waals surface area contributed by atoms with Gasteiger partial charge in [0.2, 0.25) is 5.91 Å². The van der Waals surface area contributed by atoms with E-state index in [2.05, 4.69) is 21.2 Å². The molecular weight excluding hydrogens is 341 g/mol. The normalized spacial score (nSPS) is 18.5. The maximum absolute atomic E-state index is 13.6. The van der Waals surface area contributed by atoms with Crippen molar-refractivity contribution in [2.24, 2.45) is 0 Å². The molecule has 114 valence electrons. The molecule has 1 N–H and O–H groups in total. The number of amides is 2. The molecule has 1 aliphatic rings. The van der Waals surface area contributed by atoms with E-state index in [9.17, 15) is 14.0 Å². The molecule has 1 aliphatic heterocycles. The van der Waals surface area contributed by atoms with Crippen molar-refractivity contribution in [2.45, 2.75) is 6.04 Å². The van der Waals surface area contributed by atoms with Crippen LogP contribution in [0.15, 0.2) is 22.7 Å². The highest BCUT2D eigenvalue weighted by Gasteiger charge is 2.34. The molecule has 1 aromatic carbocycles. The molecular formula is C14H17BrFN3O2. The molecule has 2 amide bonds. The lowest BCUT2D eigenvalue weighted by molar-refractivity contribution is -0.134. The second kappa shape index (κ2) is 6.53. The number of rotatable bonds is 2. The fraction of sp³-hybridized carbons (Fsp3) is 0.429. The zero-order valence-electron chi connectivity index (χ0n) is 11.9. The van der Waals surface area contributed by atoms with Crippen molar-refractivity contribution >= 4 is 27.7 Å². The van der Waals surface area contributed by atoms with Gasteiger partial charge in [-0.2, -0.15) is 0 Å².